The molecule has 0 aromatic heterocycles. The molecule has 1 nitrogen and oxygen atoms in total. The molecule has 1 aliphatic carbocycles. The van der Waals surface area contributed by atoms with Crippen LogP contribution in [0, 0.1) is 11.8 Å². The van der Waals surface area contributed by atoms with E-state index >= 15 is 0 Å². The first-order chi connectivity index (χ1) is 6.33. The van der Waals surface area contributed by atoms with Crippen LogP contribution in [0.15, 0.2) is 12.7 Å². The van der Waals surface area contributed by atoms with Gasteiger partial charge in [0.1, 0.15) is 0 Å². The van der Waals surface area contributed by atoms with E-state index in [2.05, 4.69) is 18.8 Å². The second kappa shape index (κ2) is 6.20. The fraction of sp³-hybridized carbons (Fsp3) is 0.833. The fourth-order valence-electron chi connectivity index (χ4n) is 2.26. The Morgan fingerprint density at radius 3 is 3.00 bits per heavy atom. The predicted molar refractivity (Wildman–Crippen MR) is 58.8 cm³/mol. The zero-order valence-corrected chi connectivity index (χ0v) is 8.89. The smallest absolute Gasteiger partial charge is 0.00143 e. The normalized spacial score (nSPS) is 28.7. The molecule has 1 aliphatic rings. The molecule has 0 bridgehead atoms. The summed E-state index contributed by atoms with van der Waals surface area (Å²) in [5, 5.41) is 3.51. The van der Waals surface area contributed by atoms with Crippen LogP contribution in [0.25, 0.3) is 0 Å². The summed E-state index contributed by atoms with van der Waals surface area (Å²) in [6.45, 7) is 8.43. The summed E-state index contributed by atoms with van der Waals surface area (Å²) in [4.78, 5) is 0. The quantitative estimate of drug-likeness (QED) is 0.508. The van der Waals surface area contributed by atoms with E-state index in [1.54, 1.807) is 0 Å². The Morgan fingerprint density at radius 2 is 2.31 bits per heavy atom. The zero-order valence-electron chi connectivity index (χ0n) is 8.89. The highest BCUT2D eigenvalue weighted by molar-refractivity contribution is 4.73. The Hall–Kier alpha value is -0.300. The van der Waals surface area contributed by atoms with Crippen molar-refractivity contribution in [2.45, 2.75) is 39.0 Å². The first kappa shape index (κ1) is 10.8. The number of hydrogen-bond acceptors (Lipinski definition) is 1. The largest absolute Gasteiger partial charge is 0.316 e. The first-order valence-corrected chi connectivity index (χ1v) is 5.64. The minimum atomic E-state index is 0.938. The van der Waals surface area contributed by atoms with Gasteiger partial charge >= 0.3 is 0 Å². The summed E-state index contributed by atoms with van der Waals surface area (Å²) in [7, 11) is 0. The lowest BCUT2D eigenvalue weighted by atomic mass is 9.82. The minimum Gasteiger partial charge on any atom is -0.316 e. The van der Waals surface area contributed by atoms with E-state index in [9.17, 15) is 0 Å². The van der Waals surface area contributed by atoms with Crippen LogP contribution in [0.5, 0.6) is 0 Å². The molecule has 0 saturated heterocycles. The second-order valence-corrected chi connectivity index (χ2v) is 4.42. The van der Waals surface area contributed by atoms with E-state index in [4.69, 9.17) is 0 Å². The molecule has 13 heavy (non-hydrogen) atoms. The molecule has 1 saturated carbocycles. The second-order valence-electron chi connectivity index (χ2n) is 4.42. The van der Waals surface area contributed by atoms with Gasteiger partial charge in [-0.05, 0) is 44.2 Å². The molecule has 0 heterocycles. The van der Waals surface area contributed by atoms with E-state index in [1.807, 2.05) is 6.08 Å². The molecule has 76 valence electrons. The summed E-state index contributed by atoms with van der Waals surface area (Å²) in [5.41, 5.74) is 0. The minimum absolute atomic E-state index is 0.938. The van der Waals surface area contributed by atoms with Crippen molar-refractivity contribution in [3.63, 3.8) is 0 Å². The molecule has 0 radical (unpaired) electrons. The molecule has 1 heteroatoms. The van der Waals surface area contributed by atoms with E-state index in [1.165, 1.54) is 32.2 Å². The Balaban J connectivity index is 2.03. The summed E-state index contributed by atoms with van der Waals surface area (Å²) >= 11 is 0. The Morgan fingerprint density at radius 1 is 1.46 bits per heavy atom. The molecule has 2 atom stereocenters. The van der Waals surface area contributed by atoms with Gasteiger partial charge in [-0.25, -0.2) is 0 Å². The maximum Gasteiger partial charge on any atom is -0.00143 e. The zero-order chi connectivity index (χ0) is 9.52. The van der Waals surface area contributed by atoms with Gasteiger partial charge in [0.25, 0.3) is 0 Å². The lowest BCUT2D eigenvalue weighted by Gasteiger charge is -2.26. The average molecular weight is 181 g/mol. The summed E-state index contributed by atoms with van der Waals surface area (Å²) in [5.74, 6) is 1.90. The summed E-state index contributed by atoms with van der Waals surface area (Å²) < 4.78 is 0. The third kappa shape index (κ3) is 4.47. The number of nitrogens with one attached hydrogen (secondary N) is 1. The van der Waals surface area contributed by atoms with E-state index in [0.717, 1.165) is 24.8 Å². The Labute approximate surface area is 82.6 Å². The maximum atomic E-state index is 3.72. The molecule has 1 fully saturated rings. The maximum absolute atomic E-state index is 3.72. The van der Waals surface area contributed by atoms with Gasteiger partial charge in [0, 0.05) is 0 Å². The van der Waals surface area contributed by atoms with Crippen molar-refractivity contribution in [2.75, 3.05) is 13.1 Å². The van der Waals surface area contributed by atoms with Crippen LogP contribution in [0.1, 0.15) is 39.0 Å². The van der Waals surface area contributed by atoms with Gasteiger partial charge in [0.05, 0.1) is 0 Å². The lowest BCUT2D eigenvalue weighted by molar-refractivity contribution is 0.275. The van der Waals surface area contributed by atoms with Crippen LogP contribution in [-0.2, 0) is 0 Å². The molecule has 0 aliphatic heterocycles. The van der Waals surface area contributed by atoms with Crippen molar-refractivity contribution < 1.29 is 0 Å². The molecule has 1 rings (SSSR count). The molecule has 0 aromatic rings. The Bertz CT molecular complexity index is 142. The van der Waals surface area contributed by atoms with Crippen molar-refractivity contribution in [2.24, 2.45) is 11.8 Å². The van der Waals surface area contributed by atoms with Crippen LogP contribution in [0.3, 0.4) is 0 Å². The summed E-state index contributed by atoms with van der Waals surface area (Å²) in [6.07, 6.45) is 8.84. The van der Waals surface area contributed by atoms with E-state index < -0.39 is 0 Å². The van der Waals surface area contributed by atoms with Crippen molar-refractivity contribution in [1.82, 2.24) is 5.32 Å². The SMILES string of the molecule is C=CCCNCC1CCCC(C)C1. The van der Waals surface area contributed by atoms with Gasteiger partial charge in [-0.1, -0.05) is 25.8 Å². The van der Waals surface area contributed by atoms with Crippen molar-refractivity contribution >= 4 is 0 Å². The van der Waals surface area contributed by atoms with Crippen LogP contribution < -0.4 is 5.32 Å². The van der Waals surface area contributed by atoms with Crippen LogP contribution in [0.2, 0.25) is 0 Å². The van der Waals surface area contributed by atoms with Gasteiger partial charge in [0.2, 0.25) is 0 Å². The highest BCUT2D eigenvalue weighted by Gasteiger charge is 2.17. The third-order valence-electron chi connectivity index (χ3n) is 3.00. The molecule has 0 amide bonds. The van der Waals surface area contributed by atoms with Gasteiger partial charge in [-0.15, -0.1) is 6.58 Å². The molecule has 2 unspecified atom stereocenters. The number of hydrogen-bond donors (Lipinski definition) is 1. The predicted octanol–water partition coefficient (Wildman–Crippen LogP) is 2.98. The topological polar surface area (TPSA) is 12.0 Å². The molecule has 0 aromatic carbocycles. The standard InChI is InChI=1S/C12H23N/c1-3-4-8-13-10-12-7-5-6-11(2)9-12/h3,11-13H,1,4-10H2,2H3. The highest BCUT2D eigenvalue weighted by Crippen LogP contribution is 2.27. The monoisotopic (exact) mass is 181 g/mol. The average Bonchev–Trinajstić information content (AvgIpc) is 2.13. The van der Waals surface area contributed by atoms with E-state index in [0.29, 0.717) is 0 Å². The highest BCUT2D eigenvalue weighted by atomic mass is 14.8. The molecular formula is C12H23N. The van der Waals surface area contributed by atoms with Crippen molar-refractivity contribution in [3.05, 3.63) is 12.7 Å². The molecular weight excluding hydrogens is 158 g/mol. The van der Waals surface area contributed by atoms with Crippen molar-refractivity contribution in [1.29, 1.82) is 0 Å². The third-order valence-corrected chi connectivity index (χ3v) is 3.00. The fourth-order valence-corrected chi connectivity index (χ4v) is 2.26. The van der Waals surface area contributed by atoms with Gasteiger partial charge < -0.3 is 5.32 Å². The molecule has 0 spiro atoms. The van der Waals surface area contributed by atoms with Crippen LogP contribution >= 0.6 is 0 Å². The van der Waals surface area contributed by atoms with Crippen molar-refractivity contribution in [3.8, 4) is 0 Å². The molecule has 1 N–H and O–H groups in total. The van der Waals surface area contributed by atoms with Gasteiger partial charge in [-0.2, -0.15) is 0 Å². The first-order valence-electron chi connectivity index (χ1n) is 5.64. The van der Waals surface area contributed by atoms with Gasteiger partial charge in [0.15, 0.2) is 0 Å². The van der Waals surface area contributed by atoms with Crippen LogP contribution in [0.4, 0.5) is 0 Å². The van der Waals surface area contributed by atoms with Gasteiger partial charge in [-0.3, -0.25) is 0 Å². The van der Waals surface area contributed by atoms with Crippen LogP contribution in [-0.4, -0.2) is 13.1 Å². The lowest BCUT2D eigenvalue weighted by Crippen LogP contribution is -2.27. The number of rotatable bonds is 5. The Kier molecular flexibility index (Phi) is 5.14. The van der Waals surface area contributed by atoms with E-state index in [-0.39, 0.29) is 0 Å². The summed E-state index contributed by atoms with van der Waals surface area (Å²) in [6, 6.07) is 0.